The quantitative estimate of drug-likeness (QED) is 0.648. The van der Waals surface area contributed by atoms with Crippen molar-refractivity contribution in [3.8, 4) is 16.9 Å². The summed E-state index contributed by atoms with van der Waals surface area (Å²) in [6, 6.07) is 7.65. The van der Waals surface area contributed by atoms with Crippen LogP contribution in [0, 0.1) is 11.6 Å². The van der Waals surface area contributed by atoms with Crippen LogP contribution >= 0.6 is 11.6 Å². The number of alkyl halides is 2. The van der Waals surface area contributed by atoms with Gasteiger partial charge in [0.25, 0.3) is 6.43 Å². The number of primary sulfonamides is 1. The van der Waals surface area contributed by atoms with Gasteiger partial charge in [0.15, 0.2) is 0 Å². The van der Waals surface area contributed by atoms with Gasteiger partial charge >= 0.3 is 0 Å². The van der Waals surface area contributed by atoms with Gasteiger partial charge in [-0.1, -0.05) is 11.6 Å². The van der Waals surface area contributed by atoms with Crippen molar-refractivity contribution in [1.29, 1.82) is 0 Å². The first-order valence-corrected chi connectivity index (χ1v) is 9.16. The van der Waals surface area contributed by atoms with Crippen LogP contribution in [0.2, 0.25) is 5.02 Å². The average molecular weight is 420 g/mol. The zero-order valence-corrected chi connectivity index (χ0v) is 14.8. The van der Waals surface area contributed by atoms with E-state index in [0.717, 1.165) is 10.7 Å². The zero-order chi connectivity index (χ0) is 19.9. The standard InChI is InChI=1S/C16H10ClF4N3O2S/c17-8-1-3-9(4-2-8)24-14(7-13(23-24)16(20)21)10-5-12(19)15(6-11(10)18)27(22,25)26/h1-7,16H,(H2,22,25,26). The Hall–Kier alpha value is -2.43. The molecule has 11 heteroatoms. The van der Waals surface area contributed by atoms with Crippen LogP contribution in [-0.4, -0.2) is 18.2 Å². The Kier molecular flexibility index (Phi) is 4.98. The van der Waals surface area contributed by atoms with Gasteiger partial charge in [-0.3, -0.25) is 0 Å². The average Bonchev–Trinajstić information content (AvgIpc) is 3.01. The molecular formula is C16H10ClF4N3O2S. The molecule has 0 fully saturated rings. The Bertz CT molecular complexity index is 1120. The minimum Gasteiger partial charge on any atom is -0.233 e. The summed E-state index contributed by atoms with van der Waals surface area (Å²) in [4.78, 5) is -1.05. The molecule has 0 spiro atoms. The molecule has 0 saturated heterocycles. The lowest BCUT2D eigenvalue weighted by Gasteiger charge is -2.10. The van der Waals surface area contributed by atoms with Gasteiger partial charge in [-0.05, 0) is 42.5 Å². The summed E-state index contributed by atoms with van der Waals surface area (Å²) in [7, 11) is -4.50. The summed E-state index contributed by atoms with van der Waals surface area (Å²) >= 11 is 5.79. The molecule has 1 aromatic heterocycles. The van der Waals surface area contributed by atoms with E-state index in [0.29, 0.717) is 17.2 Å². The zero-order valence-electron chi connectivity index (χ0n) is 13.2. The molecule has 27 heavy (non-hydrogen) atoms. The van der Waals surface area contributed by atoms with Crippen LogP contribution < -0.4 is 5.14 Å². The van der Waals surface area contributed by atoms with E-state index >= 15 is 0 Å². The van der Waals surface area contributed by atoms with Crippen molar-refractivity contribution in [2.45, 2.75) is 11.3 Å². The van der Waals surface area contributed by atoms with Crippen LogP contribution in [0.4, 0.5) is 17.6 Å². The van der Waals surface area contributed by atoms with E-state index in [2.05, 4.69) is 5.10 Å². The van der Waals surface area contributed by atoms with Gasteiger partial charge in [0.2, 0.25) is 10.0 Å². The van der Waals surface area contributed by atoms with Crippen molar-refractivity contribution in [2.24, 2.45) is 5.14 Å². The molecule has 0 aliphatic rings. The van der Waals surface area contributed by atoms with E-state index in [1.54, 1.807) is 0 Å². The van der Waals surface area contributed by atoms with Crippen molar-refractivity contribution in [1.82, 2.24) is 9.78 Å². The van der Waals surface area contributed by atoms with Gasteiger partial charge < -0.3 is 0 Å². The van der Waals surface area contributed by atoms with E-state index in [4.69, 9.17) is 16.7 Å². The minimum absolute atomic E-state index is 0.204. The Morgan fingerprint density at radius 2 is 1.67 bits per heavy atom. The molecule has 142 valence electrons. The highest BCUT2D eigenvalue weighted by Gasteiger charge is 2.23. The first kappa shape index (κ1) is 19.3. The Morgan fingerprint density at radius 1 is 1.04 bits per heavy atom. The Morgan fingerprint density at radius 3 is 2.22 bits per heavy atom. The van der Waals surface area contributed by atoms with Gasteiger partial charge in [0.1, 0.15) is 22.2 Å². The van der Waals surface area contributed by atoms with Crippen molar-refractivity contribution < 1.29 is 26.0 Å². The van der Waals surface area contributed by atoms with E-state index in [-0.39, 0.29) is 11.4 Å². The summed E-state index contributed by atoms with van der Waals surface area (Å²) in [6.45, 7) is 0. The number of sulfonamides is 1. The van der Waals surface area contributed by atoms with Crippen molar-refractivity contribution in [3.05, 3.63) is 64.8 Å². The van der Waals surface area contributed by atoms with Crippen LogP contribution in [0.3, 0.4) is 0 Å². The fraction of sp³-hybridized carbons (Fsp3) is 0.0625. The predicted molar refractivity (Wildman–Crippen MR) is 90.3 cm³/mol. The topological polar surface area (TPSA) is 78.0 Å². The number of hydrogen-bond acceptors (Lipinski definition) is 3. The fourth-order valence-electron chi connectivity index (χ4n) is 2.42. The number of hydrogen-bond donors (Lipinski definition) is 1. The molecule has 2 N–H and O–H groups in total. The summed E-state index contributed by atoms with van der Waals surface area (Å²) < 4.78 is 78.4. The lowest BCUT2D eigenvalue weighted by molar-refractivity contribution is 0.145. The summed E-state index contributed by atoms with van der Waals surface area (Å²) in [6.07, 6.45) is -2.96. The maximum Gasteiger partial charge on any atom is 0.282 e. The minimum atomic E-state index is -4.50. The van der Waals surface area contributed by atoms with E-state index in [1.165, 1.54) is 24.3 Å². The van der Waals surface area contributed by atoms with Crippen LogP contribution in [-0.2, 0) is 10.0 Å². The van der Waals surface area contributed by atoms with Crippen LogP contribution in [0.15, 0.2) is 47.4 Å². The molecule has 0 amide bonds. The molecule has 0 atom stereocenters. The number of nitrogens with zero attached hydrogens (tertiary/aromatic N) is 2. The molecule has 5 nitrogen and oxygen atoms in total. The van der Waals surface area contributed by atoms with Crippen molar-refractivity contribution >= 4 is 21.6 Å². The second-order valence-electron chi connectivity index (χ2n) is 5.45. The number of nitrogens with two attached hydrogens (primary N) is 1. The molecule has 0 aliphatic heterocycles. The number of halogens is 5. The van der Waals surface area contributed by atoms with Gasteiger partial charge in [0.05, 0.1) is 11.4 Å². The summed E-state index contributed by atoms with van der Waals surface area (Å²) in [5.41, 5.74) is -1.08. The summed E-state index contributed by atoms with van der Waals surface area (Å²) in [5.74, 6) is -2.49. The largest absolute Gasteiger partial charge is 0.282 e. The molecule has 0 bridgehead atoms. The highest BCUT2D eigenvalue weighted by molar-refractivity contribution is 7.89. The lowest BCUT2D eigenvalue weighted by atomic mass is 10.1. The lowest BCUT2D eigenvalue weighted by Crippen LogP contribution is -2.14. The summed E-state index contributed by atoms with van der Waals surface area (Å²) in [5, 5.41) is 8.92. The van der Waals surface area contributed by atoms with Gasteiger partial charge in [0, 0.05) is 10.6 Å². The molecule has 0 aliphatic carbocycles. The van der Waals surface area contributed by atoms with E-state index in [1.807, 2.05) is 0 Å². The third-order valence-electron chi connectivity index (χ3n) is 3.63. The molecule has 3 aromatic rings. The third kappa shape index (κ3) is 3.82. The highest BCUT2D eigenvalue weighted by Crippen LogP contribution is 2.32. The Labute approximate surface area is 156 Å². The smallest absolute Gasteiger partial charge is 0.233 e. The second-order valence-corrected chi connectivity index (χ2v) is 7.42. The Balaban J connectivity index is 2.25. The van der Waals surface area contributed by atoms with E-state index < -0.39 is 44.2 Å². The highest BCUT2D eigenvalue weighted by atomic mass is 35.5. The van der Waals surface area contributed by atoms with Crippen LogP contribution in [0.5, 0.6) is 0 Å². The number of rotatable bonds is 4. The predicted octanol–water partition coefficient (Wildman–Crippen LogP) is 4.06. The first-order valence-electron chi connectivity index (χ1n) is 7.24. The fourth-order valence-corrected chi connectivity index (χ4v) is 3.14. The molecule has 1 heterocycles. The number of benzene rings is 2. The third-order valence-corrected chi connectivity index (χ3v) is 4.80. The maximum atomic E-state index is 14.5. The van der Waals surface area contributed by atoms with Crippen molar-refractivity contribution in [3.63, 3.8) is 0 Å². The molecular weight excluding hydrogens is 410 g/mol. The van der Waals surface area contributed by atoms with Gasteiger partial charge in [-0.2, -0.15) is 5.10 Å². The van der Waals surface area contributed by atoms with E-state index in [9.17, 15) is 26.0 Å². The van der Waals surface area contributed by atoms with Gasteiger partial charge in [-0.25, -0.2) is 35.8 Å². The van der Waals surface area contributed by atoms with Crippen molar-refractivity contribution in [2.75, 3.05) is 0 Å². The van der Waals surface area contributed by atoms with Crippen LogP contribution in [0.25, 0.3) is 16.9 Å². The molecule has 0 saturated carbocycles. The molecule has 2 aromatic carbocycles. The number of aromatic nitrogens is 2. The first-order chi connectivity index (χ1) is 12.6. The molecule has 3 rings (SSSR count). The molecule has 0 unspecified atom stereocenters. The molecule has 0 radical (unpaired) electrons. The SMILES string of the molecule is NS(=O)(=O)c1cc(F)c(-c2cc(C(F)F)nn2-c2ccc(Cl)cc2)cc1F. The second kappa shape index (κ2) is 6.95. The van der Waals surface area contributed by atoms with Crippen LogP contribution in [0.1, 0.15) is 12.1 Å². The van der Waals surface area contributed by atoms with Gasteiger partial charge in [-0.15, -0.1) is 0 Å². The maximum absolute atomic E-state index is 14.5. The monoisotopic (exact) mass is 419 g/mol. The normalized spacial score (nSPS) is 12.0.